The smallest absolute Gasteiger partial charge is 0.224 e. The van der Waals surface area contributed by atoms with Gasteiger partial charge in [0.1, 0.15) is 5.78 Å². The highest BCUT2D eigenvalue weighted by atomic mass is 16.3. The zero-order valence-corrected chi connectivity index (χ0v) is 11.3. The normalized spacial score (nSPS) is 21.9. The molecule has 20 heavy (non-hydrogen) atoms. The summed E-state index contributed by atoms with van der Waals surface area (Å²) in [6, 6.07) is 9.57. The third-order valence-corrected chi connectivity index (χ3v) is 4.52. The lowest BCUT2D eigenvalue weighted by Gasteiger charge is -2.27. The molecule has 2 aliphatic carbocycles. The molecule has 0 aliphatic heterocycles. The van der Waals surface area contributed by atoms with Crippen LogP contribution >= 0.6 is 0 Å². The highest BCUT2D eigenvalue weighted by Crippen LogP contribution is 2.54. The van der Waals surface area contributed by atoms with Crippen LogP contribution in [0.1, 0.15) is 37.4 Å². The number of Topliss-reactive ketones (excluding diaryl/α,β-unsaturated/α-hetero) is 1. The Kier molecular flexibility index (Phi) is 3.34. The number of hydrogen-bond donors (Lipinski definition) is 2. The van der Waals surface area contributed by atoms with E-state index >= 15 is 0 Å². The van der Waals surface area contributed by atoms with E-state index in [1.807, 2.05) is 30.3 Å². The number of aliphatic hydroxyl groups is 1. The van der Waals surface area contributed by atoms with Crippen LogP contribution in [-0.4, -0.2) is 23.3 Å². The van der Waals surface area contributed by atoms with Crippen LogP contribution in [0.15, 0.2) is 30.3 Å². The fraction of sp³-hybridized carbons (Fsp3) is 0.500. The van der Waals surface area contributed by atoms with Gasteiger partial charge in [0.2, 0.25) is 5.91 Å². The number of carbonyl (C=O) groups excluding carboxylic acids is 2. The number of aliphatic hydroxyl groups excluding tert-OH is 1. The van der Waals surface area contributed by atoms with Crippen molar-refractivity contribution in [3.8, 4) is 0 Å². The van der Waals surface area contributed by atoms with Gasteiger partial charge in [-0.3, -0.25) is 9.59 Å². The molecule has 0 heterocycles. The number of ketones is 1. The van der Waals surface area contributed by atoms with Crippen LogP contribution in [0.5, 0.6) is 0 Å². The fourth-order valence-electron chi connectivity index (χ4n) is 2.78. The Hall–Kier alpha value is -1.68. The molecule has 1 atom stereocenters. The van der Waals surface area contributed by atoms with E-state index in [-0.39, 0.29) is 23.0 Å². The first kappa shape index (κ1) is 13.3. The predicted octanol–water partition coefficient (Wildman–Crippen LogP) is 1.60. The Balaban J connectivity index is 1.57. The first-order valence-electron chi connectivity index (χ1n) is 7.13. The molecule has 0 saturated heterocycles. The van der Waals surface area contributed by atoms with Crippen LogP contribution in [0.3, 0.4) is 0 Å². The van der Waals surface area contributed by atoms with Gasteiger partial charge in [0.25, 0.3) is 0 Å². The summed E-state index contributed by atoms with van der Waals surface area (Å²) in [5, 5.41) is 13.4. The second-order valence-corrected chi connectivity index (χ2v) is 6.04. The summed E-state index contributed by atoms with van der Waals surface area (Å²) in [4.78, 5) is 22.8. The largest absolute Gasteiger partial charge is 0.388 e. The van der Waals surface area contributed by atoms with E-state index in [1.54, 1.807) is 0 Å². The molecule has 3 rings (SSSR count). The molecular formula is C16H19NO3. The first-order valence-corrected chi connectivity index (χ1v) is 7.13. The molecule has 1 aromatic rings. The van der Waals surface area contributed by atoms with Crippen LogP contribution in [0.2, 0.25) is 0 Å². The lowest BCUT2D eigenvalue weighted by molar-refractivity contribution is -0.138. The van der Waals surface area contributed by atoms with Gasteiger partial charge in [0.05, 0.1) is 12.0 Å². The van der Waals surface area contributed by atoms with Crippen LogP contribution in [0.4, 0.5) is 0 Å². The minimum Gasteiger partial charge on any atom is -0.388 e. The first-order chi connectivity index (χ1) is 9.61. The van der Waals surface area contributed by atoms with Gasteiger partial charge in [-0.05, 0) is 18.4 Å². The Morgan fingerprint density at radius 1 is 1.30 bits per heavy atom. The number of benzene rings is 1. The van der Waals surface area contributed by atoms with Crippen molar-refractivity contribution in [3.63, 3.8) is 0 Å². The van der Waals surface area contributed by atoms with E-state index < -0.39 is 6.10 Å². The van der Waals surface area contributed by atoms with Crippen molar-refractivity contribution in [2.24, 2.45) is 11.3 Å². The molecule has 0 radical (unpaired) electrons. The fourth-order valence-corrected chi connectivity index (χ4v) is 2.78. The zero-order chi connectivity index (χ0) is 14.2. The molecule has 1 aromatic carbocycles. The van der Waals surface area contributed by atoms with Gasteiger partial charge in [-0.25, -0.2) is 0 Å². The van der Waals surface area contributed by atoms with Gasteiger partial charge >= 0.3 is 0 Å². The lowest BCUT2D eigenvalue weighted by atomic mass is 9.83. The van der Waals surface area contributed by atoms with Crippen molar-refractivity contribution in [2.45, 2.75) is 31.8 Å². The summed E-state index contributed by atoms with van der Waals surface area (Å²) in [5.74, 6) is -0.0288. The molecular weight excluding hydrogens is 254 g/mol. The number of nitrogens with one attached hydrogen (secondary N) is 1. The SMILES string of the molecule is O=C1CC(C(=O)NCC2(C(O)c3ccccc3)CC2)C1. The van der Waals surface area contributed by atoms with Gasteiger partial charge in [-0.2, -0.15) is 0 Å². The van der Waals surface area contributed by atoms with E-state index in [1.165, 1.54) is 0 Å². The van der Waals surface area contributed by atoms with Gasteiger partial charge in [-0.15, -0.1) is 0 Å². The molecule has 2 saturated carbocycles. The maximum Gasteiger partial charge on any atom is 0.224 e. The minimum atomic E-state index is -0.535. The van der Waals surface area contributed by atoms with Crippen LogP contribution in [0.25, 0.3) is 0 Å². The van der Waals surface area contributed by atoms with Gasteiger partial charge in [0, 0.05) is 24.8 Å². The number of carbonyl (C=O) groups is 2. The van der Waals surface area contributed by atoms with Crippen molar-refractivity contribution < 1.29 is 14.7 Å². The molecule has 2 N–H and O–H groups in total. The minimum absolute atomic E-state index is 0.0452. The van der Waals surface area contributed by atoms with Crippen LogP contribution in [-0.2, 0) is 9.59 Å². The van der Waals surface area contributed by atoms with Crippen LogP contribution < -0.4 is 5.32 Å². The van der Waals surface area contributed by atoms with Gasteiger partial charge in [-0.1, -0.05) is 30.3 Å². The summed E-state index contributed by atoms with van der Waals surface area (Å²) in [6.45, 7) is 0.493. The van der Waals surface area contributed by atoms with Crippen molar-refractivity contribution in [3.05, 3.63) is 35.9 Å². The Bertz CT molecular complexity index is 514. The molecule has 2 fully saturated rings. The predicted molar refractivity (Wildman–Crippen MR) is 73.8 cm³/mol. The average molecular weight is 273 g/mol. The third-order valence-electron chi connectivity index (χ3n) is 4.52. The number of hydrogen-bond acceptors (Lipinski definition) is 3. The van der Waals surface area contributed by atoms with Crippen LogP contribution in [0, 0.1) is 11.3 Å². The molecule has 0 bridgehead atoms. The highest BCUT2D eigenvalue weighted by molar-refractivity contribution is 5.96. The quantitative estimate of drug-likeness (QED) is 0.856. The molecule has 0 aromatic heterocycles. The maximum atomic E-state index is 11.9. The molecule has 2 aliphatic rings. The van der Waals surface area contributed by atoms with Crippen molar-refractivity contribution >= 4 is 11.7 Å². The number of amides is 1. The highest BCUT2D eigenvalue weighted by Gasteiger charge is 2.49. The van der Waals surface area contributed by atoms with Crippen molar-refractivity contribution in [2.75, 3.05) is 6.54 Å². The summed E-state index contributed by atoms with van der Waals surface area (Å²) >= 11 is 0. The molecule has 1 amide bonds. The second kappa shape index (κ2) is 5.02. The molecule has 1 unspecified atom stereocenters. The van der Waals surface area contributed by atoms with E-state index in [9.17, 15) is 14.7 Å². The second-order valence-electron chi connectivity index (χ2n) is 6.04. The average Bonchev–Trinajstić information content (AvgIpc) is 3.23. The topological polar surface area (TPSA) is 66.4 Å². The summed E-state index contributed by atoms with van der Waals surface area (Å²) in [6.07, 6.45) is 2.06. The summed E-state index contributed by atoms with van der Waals surface area (Å²) in [7, 11) is 0. The Morgan fingerprint density at radius 2 is 1.95 bits per heavy atom. The molecule has 4 heteroatoms. The zero-order valence-electron chi connectivity index (χ0n) is 11.3. The van der Waals surface area contributed by atoms with E-state index in [2.05, 4.69) is 5.32 Å². The van der Waals surface area contributed by atoms with Gasteiger partial charge < -0.3 is 10.4 Å². The van der Waals surface area contributed by atoms with E-state index in [0.717, 1.165) is 18.4 Å². The Labute approximate surface area is 118 Å². The molecule has 0 spiro atoms. The molecule has 106 valence electrons. The monoisotopic (exact) mass is 273 g/mol. The van der Waals surface area contributed by atoms with Crippen molar-refractivity contribution in [1.82, 2.24) is 5.32 Å². The summed E-state index contributed by atoms with van der Waals surface area (Å²) < 4.78 is 0. The third kappa shape index (κ3) is 2.48. The number of rotatable bonds is 5. The van der Waals surface area contributed by atoms with E-state index in [0.29, 0.717) is 19.4 Å². The Morgan fingerprint density at radius 3 is 2.50 bits per heavy atom. The standard InChI is InChI=1S/C16H19NO3/c18-13-8-12(9-13)15(20)17-10-16(6-7-16)14(19)11-4-2-1-3-5-11/h1-5,12,14,19H,6-10H2,(H,17,20). The van der Waals surface area contributed by atoms with E-state index in [4.69, 9.17) is 0 Å². The lowest BCUT2D eigenvalue weighted by Crippen LogP contribution is -2.42. The molecule has 4 nitrogen and oxygen atoms in total. The maximum absolute atomic E-state index is 11.9. The van der Waals surface area contributed by atoms with Gasteiger partial charge in [0.15, 0.2) is 0 Å². The van der Waals surface area contributed by atoms with Crippen molar-refractivity contribution in [1.29, 1.82) is 0 Å². The summed E-state index contributed by atoms with van der Waals surface area (Å²) in [5.41, 5.74) is 0.684.